The molecular weight excluding hydrogens is 266 g/mol. The van der Waals surface area contributed by atoms with Gasteiger partial charge in [-0.1, -0.05) is 0 Å². The number of Topliss-reactive ketones (excluding diaryl/α,β-unsaturated/α-hetero) is 1. The number of nitrogen functional groups attached to an aromatic ring is 1. The van der Waals surface area contributed by atoms with Gasteiger partial charge in [0.2, 0.25) is 5.78 Å². The van der Waals surface area contributed by atoms with Gasteiger partial charge in [0.15, 0.2) is 0 Å². The number of rotatable bonds is 2. The van der Waals surface area contributed by atoms with Crippen LogP contribution < -0.4 is 62.2 Å². The Morgan fingerprint density at radius 1 is 1.24 bits per heavy atom. The normalized spacial score (nSPS) is 10.5. The molecule has 0 aliphatic carbocycles. The largest absolute Gasteiger partial charge is 1.00 e. The van der Waals surface area contributed by atoms with Crippen molar-refractivity contribution in [2.75, 3.05) is 5.73 Å². The Morgan fingerprint density at radius 2 is 1.76 bits per heavy atom. The molecule has 0 saturated heterocycles. The molecule has 0 spiro atoms. The molecule has 0 aliphatic rings. The van der Waals surface area contributed by atoms with Gasteiger partial charge in [0, 0.05) is 11.3 Å². The van der Waals surface area contributed by atoms with Crippen LogP contribution in [0.2, 0.25) is 0 Å². The van der Waals surface area contributed by atoms with Crippen LogP contribution >= 0.6 is 0 Å². The zero-order chi connectivity index (χ0) is 12.5. The molecule has 1 aromatic rings. The van der Waals surface area contributed by atoms with Crippen LogP contribution in [0.15, 0.2) is 18.2 Å². The Morgan fingerprint density at radius 3 is 2.12 bits per heavy atom. The first-order valence-corrected chi connectivity index (χ1v) is 3.96. The third-order valence-corrected chi connectivity index (χ3v) is 1.81. The van der Waals surface area contributed by atoms with Gasteiger partial charge in [-0.2, -0.15) is 13.2 Å². The topological polar surface area (TPSA) is 83.2 Å². The first-order chi connectivity index (χ1) is 7.23. The summed E-state index contributed by atoms with van der Waals surface area (Å²) in [6, 6.07) is 1.78. The summed E-state index contributed by atoms with van der Waals surface area (Å²) in [5.74, 6) is -3.47. The maximum Gasteiger partial charge on any atom is 1.00 e. The van der Waals surface area contributed by atoms with Crippen molar-refractivity contribution in [1.82, 2.24) is 0 Å². The number of alkyl halides is 3. The van der Waals surface area contributed by atoms with Crippen molar-refractivity contribution in [3.8, 4) is 0 Å². The molecule has 8 heteroatoms. The molecule has 0 heterocycles. The summed E-state index contributed by atoms with van der Waals surface area (Å²) >= 11 is 0. The van der Waals surface area contributed by atoms with Gasteiger partial charge in [0.05, 0.1) is 5.56 Å². The van der Waals surface area contributed by atoms with E-state index >= 15 is 0 Å². The molecule has 0 bridgehead atoms. The first kappa shape index (κ1) is 16.6. The molecule has 0 atom stereocenters. The second-order valence-electron chi connectivity index (χ2n) is 2.92. The van der Waals surface area contributed by atoms with Gasteiger partial charge in [-0.05, 0) is 18.2 Å². The van der Waals surface area contributed by atoms with Crippen molar-refractivity contribution in [3.63, 3.8) is 0 Å². The Balaban J connectivity index is 0.00000256. The van der Waals surface area contributed by atoms with Crippen molar-refractivity contribution in [2.45, 2.75) is 6.18 Å². The maximum atomic E-state index is 12.2. The van der Waals surface area contributed by atoms with Gasteiger partial charge >= 0.3 is 57.6 Å². The van der Waals surface area contributed by atoms with Crippen LogP contribution in [0.5, 0.6) is 0 Å². The predicted octanol–water partition coefficient (Wildman–Crippen LogP) is -2.78. The molecule has 0 amide bonds. The van der Waals surface area contributed by atoms with E-state index in [4.69, 9.17) is 5.73 Å². The summed E-state index contributed by atoms with van der Waals surface area (Å²) in [5.41, 5.74) is 3.02. The summed E-state index contributed by atoms with van der Waals surface area (Å²) < 4.78 is 36.6. The van der Waals surface area contributed by atoms with Gasteiger partial charge in [-0.3, -0.25) is 4.79 Å². The van der Waals surface area contributed by atoms with E-state index in [0.29, 0.717) is 18.2 Å². The number of halogens is 3. The Kier molecular flexibility index (Phi) is 5.82. The molecule has 0 saturated carbocycles. The van der Waals surface area contributed by atoms with Crippen LogP contribution in [-0.2, 0) is 11.0 Å². The van der Waals surface area contributed by atoms with Crippen LogP contribution in [0.25, 0.3) is 0 Å². The quantitative estimate of drug-likeness (QED) is 0.273. The zero-order valence-corrected chi connectivity index (χ0v) is 11.8. The van der Waals surface area contributed by atoms with Crippen LogP contribution in [0.4, 0.5) is 18.9 Å². The number of benzene rings is 1. The van der Waals surface area contributed by atoms with E-state index < -0.39 is 34.7 Å². The number of nitrogens with two attached hydrogens (primary N) is 1. The van der Waals surface area contributed by atoms with Crippen molar-refractivity contribution in [3.05, 3.63) is 29.3 Å². The van der Waals surface area contributed by atoms with E-state index in [2.05, 4.69) is 0 Å². The van der Waals surface area contributed by atoms with Crippen LogP contribution in [0, 0.1) is 0 Å². The molecule has 86 valence electrons. The van der Waals surface area contributed by atoms with E-state index in [-0.39, 0.29) is 51.4 Å². The number of carbonyl (C=O) groups excluding carboxylic acids is 2. The molecule has 1 aromatic carbocycles. The molecule has 0 aromatic heterocycles. The van der Waals surface area contributed by atoms with Crippen LogP contribution in [0.1, 0.15) is 15.9 Å². The zero-order valence-electron chi connectivity index (χ0n) is 8.67. The number of hydrogen-bond donors (Lipinski definition) is 1. The second kappa shape index (κ2) is 5.96. The van der Waals surface area contributed by atoms with Crippen molar-refractivity contribution >= 4 is 17.4 Å². The smallest absolute Gasteiger partial charge is 0.541 e. The Bertz CT molecular complexity index is 459. The van der Waals surface area contributed by atoms with Gasteiger partial charge in [-0.25, -0.2) is 0 Å². The molecular formula is C9H5F3KNO3. The Hall–Kier alpha value is -0.414. The SMILES string of the molecule is Nc1cc(C(F)(F)F)ccc1C(=O)C(=O)[O-].[K+]. The molecule has 0 radical (unpaired) electrons. The maximum absolute atomic E-state index is 12.2. The average Bonchev–Trinajstić information content (AvgIpc) is 2.15. The summed E-state index contributed by atoms with van der Waals surface area (Å²) in [5, 5.41) is 10.2. The predicted molar refractivity (Wildman–Crippen MR) is 45.2 cm³/mol. The van der Waals surface area contributed by atoms with E-state index in [1.54, 1.807) is 0 Å². The van der Waals surface area contributed by atoms with Crippen molar-refractivity contribution in [2.24, 2.45) is 0 Å². The molecule has 1 rings (SSSR count). The number of carboxylic acids is 1. The van der Waals surface area contributed by atoms with E-state index in [1.807, 2.05) is 0 Å². The molecule has 0 fully saturated rings. The molecule has 0 aliphatic heterocycles. The van der Waals surface area contributed by atoms with Gasteiger partial charge < -0.3 is 15.6 Å². The minimum atomic E-state index is -4.60. The van der Waals surface area contributed by atoms with Crippen molar-refractivity contribution in [1.29, 1.82) is 0 Å². The van der Waals surface area contributed by atoms with Gasteiger partial charge in [0.1, 0.15) is 5.97 Å². The third kappa shape index (κ3) is 4.07. The fraction of sp³-hybridized carbons (Fsp3) is 0.111. The van der Waals surface area contributed by atoms with Crippen LogP contribution in [-0.4, -0.2) is 11.8 Å². The number of carbonyl (C=O) groups is 2. The Labute approximate surface area is 136 Å². The minimum absolute atomic E-state index is 0. The van der Waals surface area contributed by atoms with Crippen LogP contribution in [0.3, 0.4) is 0 Å². The fourth-order valence-electron chi connectivity index (χ4n) is 1.06. The van der Waals surface area contributed by atoms with E-state index in [9.17, 15) is 27.9 Å². The average molecular weight is 271 g/mol. The van der Waals surface area contributed by atoms with E-state index in [1.165, 1.54) is 0 Å². The fourth-order valence-corrected chi connectivity index (χ4v) is 1.06. The number of ketones is 1. The minimum Gasteiger partial charge on any atom is -0.541 e. The number of anilines is 1. The van der Waals surface area contributed by atoms with Crippen molar-refractivity contribution < 1.29 is 79.3 Å². The molecule has 4 nitrogen and oxygen atoms in total. The van der Waals surface area contributed by atoms with Gasteiger partial charge in [0.25, 0.3) is 0 Å². The number of hydrogen-bond acceptors (Lipinski definition) is 4. The first-order valence-electron chi connectivity index (χ1n) is 3.96. The monoisotopic (exact) mass is 271 g/mol. The summed E-state index contributed by atoms with van der Waals surface area (Å²) in [6.07, 6.45) is -4.60. The molecule has 0 unspecified atom stereocenters. The number of aliphatic carboxylic acids is 1. The standard InChI is InChI=1S/C9H6F3NO3.K/c10-9(11,12)4-1-2-5(6(13)3-4)7(14)8(15)16;/h1-3H,13H2,(H,15,16);/q;+1/p-1. The van der Waals surface area contributed by atoms with E-state index in [0.717, 1.165) is 0 Å². The number of carboxylic acid groups (broad SMARTS) is 1. The van der Waals surface area contributed by atoms with Gasteiger partial charge in [-0.15, -0.1) is 0 Å². The summed E-state index contributed by atoms with van der Waals surface area (Å²) in [7, 11) is 0. The summed E-state index contributed by atoms with van der Waals surface area (Å²) in [6.45, 7) is 0. The second-order valence-corrected chi connectivity index (χ2v) is 2.92. The molecule has 17 heavy (non-hydrogen) atoms. The molecule has 2 N–H and O–H groups in total. The summed E-state index contributed by atoms with van der Waals surface area (Å²) in [4.78, 5) is 21.1. The third-order valence-electron chi connectivity index (χ3n) is 1.81.